The van der Waals surface area contributed by atoms with Crippen LogP contribution in [-0.4, -0.2) is 28.6 Å². The highest BCUT2D eigenvalue weighted by Crippen LogP contribution is 2.30. The van der Waals surface area contributed by atoms with Gasteiger partial charge in [-0.2, -0.15) is 0 Å². The van der Waals surface area contributed by atoms with Crippen molar-refractivity contribution in [3.05, 3.63) is 34.8 Å². The molecule has 0 aliphatic carbocycles. The molecule has 2 aromatic rings. The van der Waals surface area contributed by atoms with Gasteiger partial charge < -0.3 is 10.2 Å². The van der Waals surface area contributed by atoms with Crippen molar-refractivity contribution < 1.29 is 9.59 Å². The Morgan fingerprint density at radius 3 is 2.88 bits per heavy atom. The largest absolute Gasteiger partial charge is 0.311 e. The summed E-state index contributed by atoms with van der Waals surface area (Å²) in [5, 5.41) is 12.5. The zero-order valence-corrected chi connectivity index (χ0v) is 16.2. The number of benzene rings is 1. The number of hydrogen-bond acceptors (Lipinski definition) is 5. The van der Waals surface area contributed by atoms with Crippen molar-refractivity contribution in [3.8, 4) is 0 Å². The van der Waals surface area contributed by atoms with E-state index < -0.39 is 0 Å². The molecule has 0 saturated carbocycles. The second-order valence-electron chi connectivity index (χ2n) is 6.82. The predicted octanol–water partition coefficient (Wildman–Crippen LogP) is 3.74. The summed E-state index contributed by atoms with van der Waals surface area (Å²) in [6.45, 7) is 6.62. The predicted molar refractivity (Wildman–Crippen MR) is 104 cm³/mol. The van der Waals surface area contributed by atoms with Crippen LogP contribution in [0.3, 0.4) is 0 Å². The summed E-state index contributed by atoms with van der Waals surface area (Å²) in [6, 6.07) is 7.73. The minimum atomic E-state index is -0.373. The Labute approximate surface area is 157 Å². The molecule has 1 aromatic heterocycles. The molecule has 2 atom stereocenters. The lowest BCUT2D eigenvalue weighted by Crippen LogP contribution is -2.28. The third kappa shape index (κ3) is 3.93. The van der Waals surface area contributed by atoms with Gasteiger partial charge in [-0.1, -0.05) is 49.8 Å². The molecule has 3 rings (SSSR count). The van der Waals surface area contributed by atoms with Crippen molar-refractivity contribution in [2.75, 3.05) is 16.8 Å². The van der Waals surface area contributed by atoms with Crippen molar-refractivity contribution in [1.82, 2.24) is 10.2 Å². The minimum Gasteiger partial charge on any atom is -0.311 e. The highest BCUT2D eigenvalue weighted by atomic mass is 32.1. The van der Waals surface area contributed by atoms with Gasteiger partial charge in [0.2, 0.25) is 16.9 Å². The molecule has 0 bridgehead atoms. The van der Waals surface area contributed by atoms with Gasteiger partial charge in [0.05, 0.1) is 5.92 Å². The summed E-state index contributed by atoms with van der Waals surface area (Å²) >= 11 is 1.42. The molecule has 138 valence electrons. The molecule has 1 saturated heterocycles. The second-order valence-corrected chi connectivity index (χ2v) is 7.83. The number of nitrogens with one attached hydrogen (secondary N) is 1. The molecule has 1 aromatic carbocycles. The lowest BCUT2D eigenvalue weighted by Gasteiger charge is -2.18. The second kappa shape index (κ2) is 7.95. The maximum absolute atomic E-state index is 12.6. The molecule has 7 heteroatoms. The van der Waals surface area contributed by atoms with Crippen LogP contribution < -0.4 is 10.2 Å². The van der Waals surface area contributed by atoms with E-state index in [2.05, 4.69) is 29.4 Å². The highest BCUT2D eigenvalue weighted by molar-refractivity contribution is 7.15. The number of aryl methyl sites for hydroxylation is 1. The van der Waals surface area contributed by atoms with E-state index in [9.17, 15) is 9.59 Å². The summed E-state index contributed by atoms with van der Waals surface area (Å²) in [7, 11) is 0. The minimum absolute atomic E-state index is 0.0195. The van der Waals surface area contributed by atoms with Crippen LogP contribution in [0.2, 0.25) is 0 Å². The first kappa shape index (κ1) is 18.5. The van der Waals surface area contributed by atoms with Crippen LogP contribution >= 0.6 is 11.3 Å². The van der Waals surface area contributed by atoms with Gasteiger partial charge in [0.15, 0.2) is 0 Å². The van der Waals surface area contributed by atoms with Crippen LogP contribution in [0.25, 0.3) is 0 Å². The summed E-state index contributed by atoms with van der Waals surface area (Å²) < 4.78 is 0. The quantitative estimate of drug-likeness (QED) is 0.838. The Bertz CT molecular complexity index is 804. The number of para-hydroxylation sites is 1. The standard InChI is InChI=1S/C19H24N4O2S/c1-4-7-13(3)18-21-22-19(26-18)20-17(25)14-10-16(24)23(11-14)15-9-6-5-8-12(15)2/h5-6,8-9,13-14H,4,7,10-11H2,1-3H3,(H,20,22,25)/t13-,14-/m0/s1. The van der Waals surface area contributed by atoms with Crippen molar-refractivity contribution in [2.24, 2.45) is 5.92 Å². The summed E-state index contributed by atoms with van der Waals surface area (Å²) in [6.07, 6.45) is 2.35. The van der Waals surface area contributed by atoms with E-state index in [-0.39, 0.29) is 24.2 Å². The summed E-state index contributed by atoms with van der Waals surface area (Å²) in [4.78, 5) is 26.7. The molecule has 26 heavy (non-hydrogen) atoms. The average Bonchev–Trinajstić information content (AvgIpc) is 3.22. The average molecular weight is 372 g/mol. The van der Waals surface area contributed by atoms with E-state index in [0.29, 0.717) is 17.6 Å². The fourth-order valence-electron chi connectivity index (χ4n) is 3.23. The Balaban J connectivity index is 1.64. The number of aromatic nitrogens is 2. The molecule has 0 unspecified atom stereocenters. The lowest BCUT2D eigenvalue weighted by atomic mass is 10.1. The zero-order valence-electron chi connectivity index (χ0n) is 15.4. The number of hydrogen-bond donors (Lipinski definition) is 1. The smallest absolute Gasteiger partial charge is 0.231 e. The third-order valence-electron chi connectivity index (χ3n) is 4.72. The SMILES string of the molecule is CCC[C@H](C)c1nnc(NC(=O)[C@H]2CC(=O)N(c3ccccc3C)C2)s1. The molecule has 2 amide bonds. The molecule has 1 aliphatic rings. The van der Waals surface area contributed by atoms with Gasteiger partial charge in [-0.25, -0.2) is 0 Å². The third-order valence-corrected chi connectivity index (χ3v) is 5.79. The number of carbonyl (C=O) groups excluding carboxylic acids is 2. The lowest BCUT2D eigenvalue weighted by molar-refractivity contribution is -0.122. The molecule has 1 fully saturated rings. The first-order chi connectivity index (χ1) is 12.5. The van der Waals surface area contributed by atoms with Crippen LogP contribution in [0.1, 0.15) is 49.6 Å². The van der Waals surface area contributed by atoms with E-state index in [1.807, 2.05) is 31.2 Å². The van der Waals surface area contributed by atoms with E-state index in [1.165, 1.54) is 11.3 Å². The van der Waals surface area contributed by atoms with Crippen molar-refractivity contribution in [3.63, 3.8) is 0 Å². The van der Waals surface area contributed by atoms with Crippen LogP contribution in [0.4, 0.5) is 10.8 Å². The monoisotopic (exact) mass is 372 g/mol. The summed E-state index contributed by atoms with van der Waals surface area (Å²) in [5.74, 6) is -0.218. The molecule has 1 aliphatic heterocycles. The van der Waals surface area contributed by atoms with Crippen molar-refractivity contribution in [2.45, 2.75) is 46.0 Å². The molecular weight excluding hydrogens is 348 g/mol. The molecule has 0 radical (unpaired) electrons. The van der Waals surface area contributed by atoms with Gasteiger partial charge >= 0.3 is 0 Å². The Morgan fingerprint density at radius 2 is 2.15 bits per heavy atom. The Hall–Kier alpha value is -2.28. The first-order valence-corrected chi connectivity index (χ1v) is 9.81. The van der Waals surface area contributed by atoms with Gasteiger partial charge in [0.1, 0.15) is 5.01 Å². The van der Waals surface area contributed by atoms with Crippen LogP contribution in [0.5, 0.6) is 0 Å². The summed E-state index contributed by atoms with van der Waals surface area (Å²) in [5.41, 5.74) is 1.90. The van der Waals surface area contributed by atoms with Gasteiger partial charge in [0.25, 0.3) is 0 Å². The molecule has 1 N–H and O–H groups in total. The fourth-order valence-corrected chi connectivity index (χ4v) is 4.06. The molecule has 2 heterocycles. The van der Waals surface area contributed by atoms with E-state index in [4.69, 9.17) is 0 Å². The van der Waals surface area contributed by atoms with Gasteiger partial charge in [-0.15, -0.1) is 10.2 Å². The zero-order chi connectivity index (χ0) is 18.7. The van der Waals surface area contributed by atoms with E-state index in [1.54, 1.807) is 4.90 Å². The van der Waals surface area contributed by atoms with Gasteiger partial charge in [-0.3, -0.25) is 9.59 Å². The Kier molecular flexibility index (Phi) is 5.66. The molecule has 6 nitrogen and oxygen atoms in total. The number of rotatable bonds is 6. The normalized spacial score (nSPS) is 18.2. The van der Waals surface area contributed by atoms with Crippen LogP contribution in [-0.2, 0) is 9.59 Å². The topological polar surface area (TPSA) is 75.2 Å². The Morgan fingerprint density at radius 1 is 1.38 bits per heavy atom. The number of carbonyl (C=O) groups is 2. The molecule has 0 spiro atoms. The van der Waals surface area contributed by atoms with Gasteiger partial charge in [-0.05, 0) is 25.0 Å². The van der Waals surface area contributed by atoms with Gasteiger partial charge in [0, 0.05) is 24.6 Å². The van der Waals surface area contributed by atoms with Crippen LogP contribution in [0, 0.1) is 12.8 Å². The fraction of sp³-hybridized carbons (Fsp3) is 0.474. The maximum Gasteiger partial charge on any atom is 0.231 e. The van der Waals surface area contributed by atoms with E-state index in [0.717, 1.165) is 29.1 Å². The first-order valence-electron chi connectivity index (χ1n) is 8.99. The number of nitrogens with zero attached hydrogens (tertiary/aromatic N) is 3. The number of anilines is 2. The maximum atomic E-state index is 12.6. The van der Waals surface area contributed by atoms with E-state index >= 15 is 0 Å². The number of amides is 2. The van der Waals surface area contributed by atoms with Crippen molar-refractivity contribution in [1.29, 1.82) is 0 Å². The van der Waals surface area contributed by atoms with Crippen LogP contribution in [0.15, 0.2) is 24.3 Å². The van der Waals surface area contributed by atoms with Crippen molar-refractivity contribution >= 4 is 34.0 Å². The molecular formula is C19H24N4O2S. The highest BCUT2D eigenvalue weighted by Gasteiger charge is 2.36.